The Morgan fingerprint density at radius 1 is 1.07 bits per heavy atom. The summed E-state index contributed by atoms with van der Waals surface area (Å²) in [4.78, 5) is 12.5. The Labute approximate surface area is 166 Å². The molecule has 1 aliphatic heterocycles. The lowest BCUT2D eigenvalue weighted by atomic mass is 10.0. The van der Waals surface area contributed by atoms with Crippen LogP contribution in [0.4, 0.5) is 8.78 Å². The molecule has 0 atom stereocenters. The molecule has 1 saturated heterocycles. The maximum atomic E-state index is 12.9. The Balaban J connectivity index is 1.65. The Morgan fingerprint density at radius 2 is 1.83 bits per heavy atom. The second kappa shape index (κ2) is 8.48. The maximum absolute atomic E-state index is 12.9. The fourth-order valence-electron chi connectivity index (χ4n) is 2.94. The normalized spacial score (nSPS) is 13.9. The zero-order valence-corrected chi connectivity index (χ0v) is 15.7. The Kier molecular flexibility index (Phi) is 5.62. The molecule has 1 aromatic carbocycles. The molecule has 150 valence electrons. The minimum absolute atomic E-state index is 0.00744. The average Bonchev–Trinajstić information content (AvgIpc) is 2.68. The molecule has 0 aliphatic carbocycles. The minimum atomic E-state index is -2.97. The standard InChI is InChI=1S/C21H19F2N3O3/c1-13-24-9-15(10-25-13)5-14-6-19(20(26-8-14)29-21(22)23)16-3-2-4-17(7-16)28-18-11-27-12-18/h2-4,6-10,18,21H,5,11-12H2,1H3. The number of halogens is 2. The van der Waals surface area contributed by atoms with Crippen LogP contribution in [0.2, 0.25) is 0 Å². The number of ether oxygens (including phenoxy) is 3. The summed E-state index contributed by atoms with van der Waals surface area (Å²) < 4.78 is 41.4. The van der Waals surface area contributed by atoms with Crippen molar-refractivity contribution in [2.75, 3.05) is 13.2 Å². The second-order valence-corrected chi connectivity index (χ2v) is 6.70. The van der Waals surface area contributed by atoms with Gasteiger partial charge in [0.2, 0.25) is 5.88 Å². The molecule has 1 fully saturated rings. The van der Waals surface area contributed by atoms with Crippen LogP contribution in [0.3, 0.4) is 0 Å². The molecule has 1 aliphatic rings. The van der Waals surface area contributed by atoms with Crippen LogP contribution < -0.4 is 9.47 Å². The number of rotatable bonds is 7. The van der Waals surface area contributed by atoms with E-state index in [1.807, 2.05) is 13.0 Å². The van der Waals surface area contributed by atoms with Crippen LogP contribution in [0.15, 0.2) is 48.9 Å². The summed E-state index contributed by atoms with van der Waals surface area (Å²) in [7, 11) is 0. The molecular formula is C21H19F2N3O3. The van der Waals surface area contributed by atoms with Gasteiger partial charge < -0.3 is 14.2 Å². The van der Waals surface area contributed by atoms with Gasteiger partial charge in [-0.05, 0) is 41.8 Å². The number of hydrogen-bond donors (Lipinski definition) is 0. The number of nitrogens with zero attached hydrogens (tertiary/aromatic N) is 3. The van der Waals surface area contributed by atoms with E-state index < -0.39 is 6.61 Å². The van der Waals surface area contributed by atoms with Gasteiger partial charge >= 0.3 is 6.61 Å². The molecule has 0 spiro atoms. The van der Waals surface area contributed by atoms with Gasteiger partial charge in [-0.25, -0.2) is 15.0 Å². The number of benzene rings is 1. The highest BCUT2D eigenvalue weighted by atomic mass is 19.3. The lowest BCUT2D eigenvalue weighted by Gasteiger charge is -2.26. The van der Waals surface area contributed by atoms with E-state index >= 15 is 0 Å². The van der Waals surface area contributed by atoms with E-state index in [4.69, 9.17) is 9.47 Å². The number of pyridine rings is 1. The molecule has 0 bridgehead atoms. The van der Waals surface area contributed by atoms with E-state index in [9.17, 15) is 8.78 Å². The van der Waals surface area contributed by atoms with E-state index in [0.29, 0.717) is 42.3 Å². The number of alkyl halides is 2. The predicted octanol–water partition coefficient (Wildman–Crippen LogP) is 3.82. The highest BCUT2D eigenvalue weighted by Crippen LogP contribution is 2.33. The fraction of sp³-hybridized carbons (Fsp3) is 0.286. The van der Waals surface area contributed by atoms with Crippen molar-refractivity contribution in [1.29, 1.82) is 0 Å². The molecule has 6 nitrogen and oxygen atoms in total. The molecule has 29 heavy (non-hydrogen) atoms. The van der Waals surface area contributed by atoms with Gasteiger partial charge in [-0.2, -0.15) is 8.78 Å². The summed E-state index contributed by atoms with van der Waals surface area (Å²) in [6, 6.07) is 8.99. The van der Waals surface area contributed by atoms with E-state index in [1.165, 1.54) is 6.20 Å². The first-order valence-corrected chi connectivity index (χ1v) is 9.13. The first kappa shape index (κ1) is 19.2. The van der Waals surface area contributed by atoms with Crippen molar-refractivity contribution in [3.8, 4) is 22.8 Å². The van der Waals surface area contributed by atoms with E-state index in [2.05, 4.69) is 19.7 Å². The van der Waals surface area contributed by atoms with Crippen LogP contribution in [0.25, 0.3) is 11.1 Å². The molecule has 3 heterocycles. The quantitative estimate of drug-likeness (QED) is 0.602. The maximum Gasteiger partial charge on any atom is 0.388 e. The lowest BCUT2D eigenvalue weighted by Crippen LogP contribution is -2.38. The molecule has 2 aromatic heterocycles. The van der Waals surface area contributed by atoms with Gasteiger partial charge in [-0.3, -0.25) is 0 Å². The van der Waals surface area contributed by atoms with Crippen molar-refractivity contribution in [3.05, 3.63) is 65.9 Å². The van der Waals surface area contributed by atoms with Gasteiger partial charge in [0.05, 0.1) is 13.2 Å². The number of hydrogen-bond acceptors (Lipinski definition) is 6. The van der Waals surface area contributed by atoms with Gasteiger partial charge in [-0.15, -0.1) is 0 Å². The Morgan fingerprint density at radius 3 is 2.52 bits per heavy atom. The molecule has 0 unspecified atom stereocenters. The first-order valence-electron chi connectivity index (χ1n) is 9.13. The smallest absolute Gasteiger partial charge is 0.388 e. The zero-order valence-electron chi connectivity index (χ0n) is 15.7. The summed E-state index contributed by atoms with van der Waals surface area (Å²) >= 11 is 0. The third-order valence-electron chi connectivity index (χ3n) is 4.41. The number of aromatic nitrogens is 3. The largest absolute Gasteiger partial charge is 0.486 e. The monoisotopic (exact) mass is 399 g/mol. The van der Waals surface area contributed by atoms with Crippen LogP contribution in [0, 0.1) is 6.92 Å². The van der Waals surface area contributed by atoms with Gasteiger partial charge in [0.25, 0.3) is 0 Å². The SMILES string of the molecule is Cc1ncc(Cc2cnc(OC(F)F)c(-c3cccc(OC4COC4)c3)c2)cn1. The van der Waals surface area contributed by atoms with Crippen LogP contribution >= 0.6 is 0 Å². The van der Waals surface area contributed by atoms with Crippen LogP contribution in [0.5, 0.6) is 11.6 Å². The molecule has 8 heteroatoms. The fourth-order valence-corrected chi connectivity index (χ4v) is 2.94. The highest BCUT2D eigenvalue weighted by Gasteiger charge is 2.21. The van der Waals surface area contributed by atoms with Gasteiger partial charge in [0.15, 0.2) is 0 Å². The van der Waals surface area contributed by atoms with Crippen molar-refractivity contribution < 1.29 is 23.0 Å². The lowest BCUT2D eigenvalue weighted by molar-refractivity contribution is -0.0796. The molecule has 0 N–H and O–H groups in total. The predicted molar refractivity (Wildman–Crippen MR) is 101 cm³/mol. The van der Waals surface area contributed by atoms with Gasteiger partial charge in [0.1, 0.15) is 17.7 Å². The minimum Gasteiger partial charge on any atom is -0.486 e. The highest BCUT2D eigenvalue weighted by molar-refractivity contribution is 5.70. The Bertz CT molecular complexity index is 979. The molecule has 0 saturated carbocycles. The van der Waals surface area contributed by atoms with Crippen LogP contribution in [0.1, 0.15) is 17.0 Å². The van der Waals surface area contributed by atoms with Crippen molar-refractivity contribution >= 4 is 0 Å². The van der Waals surface area contributed by atoms with Crippen molar-refractivity contribution in [1.82, 2.24) is 15.0 Å². The summed E-state index contributed by atoms with van der Waals surface area (Å²) in [5.41, 5.74) is 2.86. The summed E-state index contributed by atoms with van der Waals surface area (Å²) in [6.07, 6.45) is 5.52. The summed E-state index contributed by atoms with van der Waals surface area (Å²) in [5.74, 6) is 1.19. The second-order valence-electron chi connectivity index (χ2n) is 6.70. The third-order valence-corrected chi connectivity index (χ3v) is 4.41. The van der Waals surface area contributed by atoms with Crippen molar-refractivity contribution in [2.45, 2.75) is 26.1 Å². The molecular weight excluding hydrogens is 380 g/mol. The topological polar surface area (TPSA) is 66.4 Å². The van der Waals surface area contributed by atoms with Crippen molar-refractivity contribution in [2.24, 2.45) is 0 Å². The molecule has 3 aromatic rings. The molecule has 0 radical (unpaired) electrons. The average molecular weight is 399 g/mol. The zero-order chi connectivity index (χ0) is 20.2. The Hall–Kier alpha value is -3.13. The number of aryl methyl sites for hydroxylation is 1. The molecule has 4 rings (SSSR count). The van der Waals surface area contributed by atoms with Crippen molar-refractivity contribution in [3.63, 3.8) is 0 Å². The van der Waals surface area contributed by atoms with Gasteiger partial charge in [-0.1, -0.05) is 12.1 Å². The van der Waals surface area contributed by atoms with E-state index in [1.54, 1.807) is 36.7 Å². The summed E-state index contributed by atoms with van der Waals surface area (Å²) in [6.45, 7) is -0.0755. The van der Waals surface area contributed by atoms with E-state index in [0.717, 1.165) is 11.1 Å². The first-order chi connectivity index (χ1) is 14.1. The molecule has 0 amide bonds. The summed E-state index contributed by atoms with van der Waals surface area (Å²) in [5, 5.41) is 0. The van der Waals surface area contributed by atoms with Crippen LogP contribution in [-0.2, 0) is 11.2 Å². The van der Waals surface area contributed by atoms with Gasteiger partial charge in [0, 0.05) is 30.6 Å². The third kappa shape index (κ3) is 4.83. The van der Waals surface area contributed by atoms with Crippen LogP contribution in [-0.4, -0.2) is 40.9 Å². The van der Waals surface area contributed by atoms with E-state index in [-0.39, 0.29) is 12.0 Å².